The largest absolute Gasteiger partial charge is 0.327 e. The number of carbonyl (C=O) groups excluding carboxylic acids is 1. The molecule has 0 aliphatic carbocycles. The van der Waals surface area contributed by atoms with E-state index in [4.69, 9.17) is 5.73 Å². The average Bonchev–Trinajstić information content (AvgIpc) is 2.86. The Balaban J connectivity index is 1.93. The molecule has 1 saturated heterocycles. The van der Waals surface area contributed by atoms with E-state index < -0.39 is 0 Å². The van der Waals surface area contributed by atoms with Gasteiger partial charge in [-0.05, 0) is 11.8 Å². The highest BCUT2D eigenvalue weighted by Crippen LogP contribution is 2.27. The summed E-state index contributed by atoms with van der Waals surface area (Å²) >= 11 is 1.48. The number of rotatable bonds is 3. The SMILES string of the molecule is CN(C(=O)CN1CCC(N)C(C)(C)C1)c1nccs1. The minimum atomic E-state index is 0.0677. The van der Waals surface area contributed by atoms with Crippen LogP contribution in [0.25, 0.3) is 0 Å². The highest BCUT2D eigenvalue weighted by atomic mass is 32.1. The lowest BCUT2D eigenvalue weighted by molar-refractivity contribution is -0.120. The van der Waals surface area contributed by atoms with E-state index in [-0.39, 0.29) is 17.4 Å². The fourth-order valence-corrected chi connectivity index (χ4v) is 3.03. The molecule has 1 aliphatic heterocycles. The molecule has 1 amide bonds. The normalized spacial score (nSPS) is 23.3. The molecule has 0 saturated carbocycles. The zero-order chi connectivity index (χ0) is 14.0. The first-order chi connectivity index (χ1) is 8.90. The Kier molecular flexibility index (Phi) is 4.23. The van der Waals surface area contributed by atoms with E-state index >= 15 is 0 Å². The molecule has 2 rings (SSSR count). The van der Waals surface area contributed by atoms with Crippen molar-refractivity contribution < 1.29 is 4.79 Å². The Hall–Kier alpha value is -0.980. The molecule has 0 aromatic carbocycles. The summed E-state index contributed by atoms with van der Waals surface area (Å²) in [7, 11) is 1.78. The third-order valence-electron chi connectivity index (χ3n) is 3.83. The van der Waals surface area contributed by atoms with Gasteiger partial charge in [-0.2, -0.15) is 0 Å². The standard InChI is InChI=1S/C13H22N4OS/c1-13(2)9-17(6-4-10(13)14)8-11(18)16(3)12-15-5-7-19-12/h5,7,10H,4,6,8-9,14H2,1-3H3. The van der Waals surface area contributed by atoms with Crippen molar-refractivity contribution in [1.29, 1.82) is 0 Å². The summed E-state index contributed by atoms with van der Waals surface area (Å²) in [5, 5.41) is 2.63. The van der Waals surface area contributed by atoms with E-state index in [1.807, 2.05) is 5.38 Å². The number of hydrogen-bond acceptors (Lipinski definition) is 5. The summed E-state index contributed by atoms with van der Waals surface area (Å²) in [5.41, 5.74) is 6.18. The van der Waals surface area contributed by atoms with Crippen molar-refractivity contribution in [2.75, 3.05) is 31.6 Å². The maximum absolute atomic E-state index is 12.2. The minimum absolute atomic E-state index is 0.0677. The van der Waals surface area contributed by atoms with Crippen molar-refractivity contribution in [3.05, 3.63) is 11.6 Å². The summed E-state index contributed by atoms with van der Waals surface area (Å²) in [4.78, 5) is 20.2. The van der Waals surface area contributed by atoms with Gasteiger partial charge in [0.1, 0.15) is 0 Å². The van der Waals surface area contributed by atoms with Crippen molar-refractivity contribution in [3.63, 3.8) is 0 Å². The van der Waals surface area contributed by atoms with Crippen molar-refractivity contribution in [3.8, 4) is 0 Å². The molecule has 1 aliphatic rings. The predicted octanol–water partition coefficient (Wildman–Crippen LogP) is 1.17. The van der Waals surface area contributed by atoms with E-state index in [0.717, 1.165) is 24.6 Å². The Bertz CT molecular complexity index is 432. The Labute approximate surface area is 118 Å². The lowest BCUT2D eigenvalue weighted by Gasteiger charge is -2.42. The number of likely N-dealkylation sites (tertiary alicyclic amines) is 1. The van der Waals surface area contributed by atoms with Gasteiger partial charge in [0.2, 0.25) is 5.91 Å². The van der Waals surface area contributed by atoms with Crippen molar-refractivity contribution in [1.82, 2.24) is 9.88 Å². The predicted molar refractivity (Wildman–Crippen MR) is 78.3 cm³/mol. The molecule has 6 heteroatoms. The zero-order valence-electron chi connectivity index (χ0n) is 11.8. The van der Waals surface area contributed by atoms with Gasteiger partial charge in [-0.3, -0.25) is 14.6 Å². The Morgan fingerprint density at radius 2 is 2.42 bits per heavy atom. The molecule has 2 heterocycles. The van der Waals surface area contributed by atoms with Gasteiger partial charge in [0, 0.05) is 37.8 Å². The van der Waals surface area contributed by atoms with Gasteiger partial charge in [0.05, 0.1) is 6.54 Å². The van der Waals surface area contributed by atoms with Crippen LogP contribution in [0.5, 0.6) is 0 Å². The van der Waals surface area contributed by atoms with Crippen LogP contribution in [0.3, 0.4) is 0 Å². The maximum atomic E-state index is 12.2. The molecule has 1 aromatic heterocycles. The number of thiazole rings is 1. The van der Waals surface area contributed by atoms with E-state index in [0.29, 0.717) is 6.54 Å². The number of aromatic nitrogens is 1. The Morgan fingerprint density at radius 3 is 3.00 bits per heavy atom. The molecule has 1 unspecified atom stereocenters. The number of carbonyl (C=O) groups is 1. The second-order valence-corrected chi connectivity index (χ2v) is 6.73. The zero-order valence-corrected chi connectivity index (χ0v) is 12.6. The van der Waals surface area contributed by atoms with Crippen LogP contribution < -0.4 is 10.6 Å². The molecular formula is C13H22N4OS. The topological polar surface area (TPSA) is 62.5 Å². The van der Waals surface area contributed by atoms with Crippen LogP contribution >= 0.6 is 11.3 Å². The summed E-state index contributed by atoms with van der Waals surface area (Å²) in [5.74, 6) is 0.0845. The van der Waals surface area contributed by atoms with Crippen LogP contribution in [-0.4, -0.2) is 48.5 Å². The molecule has 5 nitrogen and oxygen atoms in total. The van der Waals surface area contributed by atoms with E-state index in [1.165, 1.54) is 11.3 Å². The van der Waals surface area contributed by atoms with Gasteiger partial charge in [0.25, 0.3) is 0 Å². The van der Waals surface area contributed by atoms with Gasteiger partial charge in [-0.1, -0.05) is 13.8 Å². The third-order valence-corrected chi connectivity index (χ3v) is 4.68. The monoisotopic (exact) mass is 282 g/mol. The van der Waals surface area contributed by atoms with Gasteiger partial charge in [0.15, 0.2) is 5.13 Å². The maximum Gasteiger partial charge on any atom is 0.242 e. The third kappa shape index (κ3) is 3.32. The van der Waals surface area contributed by atoms with Gasteiger partial charge >= 0.3 is 0 Å². The first-order valence-corrected chi connectivity index (χ1v) is 7.42. The number of amides is 1. The van der Waals surface area contributed by atoms with Crippen LogP contribution in [0.2, 0.25) is 0 Å². The molecule has 1 aromatic rings. The average molecular weight is 282 g/mol. The van der Waals surface area contributed by atoms with Crippen molar-refractivity contribution in [2.24, 2.45) is 11.1 Å². The molecule has 0 spiro atoms. The highest BCUT2D eigenvalue weighted by Gasteiger charge is 2.34. The molecule has 1 atom stereocenters. The molecule has 0 bridgehead atoms. The van der Waals surface area contributed by atoms with E-state index in [2.05, 4.69) is 23.7 Å². The summed E-state index contributed by atoms with van der Waals surface area (Å²) in [6.45, 7) is 6.53. The number of nitrogens with zero attached hydrogens (tertiary/aromatic N) is 3. The van der Waals surface area contributed by atoms with Crippen LogP contribution in [0.4, 0.5) is 5.13 Å². The molecule has 2 N–H and O–H groups in total. The number of anilines is 1. The van der Waals surface area contributed by atoms with Crippen LogP contribution in [0.15, 0.2) is 11.6 Å². The smallest absolute Gasteiger partial charge is 0.242 e. The minimum Gasteiger partial charge on any atom is -0.327 e. The van der Waals surface area contributed by atoms with Crippen molar-refractivity contribution >= 4 is 22.4 Å². The molecule has 19 heavy (non-hydrogen) atoms. The van der Waals surface area contributed by atoms with E-state index in [1.54, 1.807) is 18.1 Å². The van der Waals surface area contributed by atoms with Crippen LogP contribution in [-0.2, 0) is 4.79 Å². The van der Waals surface area contributed by atoms with Gasteiger partial charge < -0.3 is 5.73 Å². The summed E-state index contributed by atoms with van der Waals surface area (Å²) in [6.07, 6.45) is 2.66. The molecule has 106 valence electrons. The second kappa shape index (κ2) is 5.56. The Morgan fingerprint density at radius 1 is 1.68 bits per heavy atom. The number of likely N-dealkylation sites (N-methyl/N-ethyl adjacent to an activating group) is 1. The molecule has 1 fully saturated rings. The summed E-state index contributed by atoms with van der Waals surface area (Å²) in [6, 6.07) is 0.218. The molecule has 0 radical (unpaired) electrons. The number of piperidine rings is 1. The lowest BCUT2D eigenvalue weighted by Crippen LogP contribution is -2.54. The van der Waals surface area contributed by atoms with Crippen LogP contribution in [0, 0.1) is 5.41 Å². The number of hydrogen-bond donors (Lipinski definition) is 1. The first kappa shape index (κ1) is 14.4. The number of nitrogens with two attached hydrogens (primary N) is 1. The van der Waals surface area contributed by atoms with Crippen LogP contribution in [0.1, 0.15) is 20.3 Å². The lowest BCUT2D eigenvalue weighted by atomic mass is 9.80. The van der Waals surface area contributed by atoms with Gasteiger partial charge in [-0.25, -0.2) is 4.98 Å². The van der Waals surface area contributed by atoms with E-state index in [9.17, 15) is 4.79 Å². The summed E-state index contributed by atoms with van der Waals surface area (Å²) < 4.78 is 0. The fraction of sp³-hybridized carbons (Fsp3) is 0.692. The fourth-order valence-electron chi connectivity index (χ4n) is 2.41. The first-order valence-electron chi connectivity index (χ1n) is 6.54. The highest BCUT2D eigenvalue weighted by molar-refractivity contribution is 7.13. The van der Waals surface area contributed by atoms with Gasteiger partial charge in [-0.15, -0.1) is 11.3 Å². The van der Waals surface area contributed by atoms with Crippen molar-refractivity contribution in [2.45, 2.75) is 26.3 Å². The quantitative estimate of drug-likeness (QED) is 0.904. The second-order valence-electron chi connectivity index (χ2n) is 5.86. The molecular weight excluding hydrogens is 260 g/mol.